The monoisotopic (exact) mass is 273 g/mol. The van der Waals surface area contributed by atoms with Crippen LogP contribution in [0.15, 0.2) is 0 Å². The van der Waals surface area contributed by atoms with Crippen LogP contribution in [-0.2, 0) is 4.74 Å². The molecular formula is C13H27N3O3. The van der Waals surface area contributed by atoms with Gasteiger partial charge in [0.15, 0.2) is 5.60 Å². The van der Waals surface area contributed by atoms with E-state index in [1.807, 2.05) is 13.8 Å². The summed E-state index contributed by atoms with van der Waals surface area (Å²) >= 11 is 0. The first-order valence-electron chi connectivity index (χ1n) is 7.01. The lowest BCUT2D eigenvalue weighted by atomic mass is 9.85. The van der Waals surface area contributed by atoms with Crippen LogP contribution in [-0.4, -0.2) is 53.0 Å². The fourth-order valence-corrected chi connectivity index (χ4v) is 2.86. The average molecular weight is 273 g/mol. The molecule has 0 radical (unpaired) electrons. The molecular weight excluding hydrogens is 246 g/mol. The van der Waals surface area contributed by atoms with Gasteiger partial charge < -0.3 is 21.3 Å². The highest BCUT2D eigenvalue weighted by molar-refractivity contribution is 5.72. The standard InChI is InChI=1S/C13H27N3O3/c1-4-10(17)13(3)11(9(2)15)16(12(18)19-13)8-6-5-7-14/h9-11,17H,4-8,14-15H2,1-3H3/t9-,10-,11-,13-/m1/s1. The first-order valence-corrected chi connectivity index (χ1v) is 7.01. The Kier molecular flexibility index (Phi) is 5.58. The molecule has 0 bridgehead atoms. The number of hydrogen-bond acceptors (Lipinski definition) is 5. The van der Waals surface area contributed by atoms with Gasteiger partial charge >= 0.3 is 6.09 Å². The third-order valence-corrected chi connectivity index (χ3v) is 3.86. The number of aliphatic hydroxyl groups is 1. The van der Waals surface area contributed by atoms with Crippen molar-refractivity contribution in [1.82, 2.24) is 4.90 Å². The van der Waals surface area contributed by atoms with Gasteiger partial charge in [0.1, 0.15) is 0 Å². The molecule has 1 aliphatic rings. The zero-order valence-electron chi connectivity index (χ0n) is 12.1. The SMILES string of the molecule is CC[C@@H](O)[C@@]1(C)OC(=O)N(CCCCN)[C@@H]1[C@@H](C)N. The second kappa shape index (κ2) is 6.54. The summed E-state index contributed by atoms with van der Waals surface area (Å²) in [6, 6.07) is -0.580. The average Bonchev–Trinajstić information content (AvgIpc) is 2.61. The zero-order chi connectivity index (χ0) is 14.6. The lowest BCUT2D eigenvalue weighted by molar-refractivity contribution is -0.0645. The number of carbonyl (C=O) groups excluding carboxylic acids is 1. The molecule has 1 aliphatic heterocycles. The molecule has 1 saturated heterocycles. The van der Waals surface area contributed by atoms with Gasteiger partial charge in [0.2, 0.25) is 0 Å². The molecule has 6 heteroatoms. The zero-order valence-corrected chi connectivity index (χ0v) is 12.1. The Labute approximate surface area is 115 Å². The van der Waals surface area contributed by atoms with Gasteiger partial charge in [-0.1, -0.05) is 6.92 Å². The van der Waals surface area contributed by atoms with Crippen LogP contribution in [0.1, 0.15) is 40.0 Å². The van der Waals surface area contributed by atoms with Gasteiger partial charge in [0, 0.05) is 12.6 Å². The maximum Gasteiger partial charge on any atom is 0.410 e. The molecule has 4 atom stereocenters. The summed E-state index contributed by atoms with van der Waals surface area (Å²) in [5.74, 6) is 0. The van der Waals surface area contributed by atoms with E-state index in [0.29, 0.717) is 19.5 Å². The van der Waals surface area contributed by atoms with Gasteiger partial charge in [0.05, 0.1) is 12.1 Å². The second-order valence-corrected chi connectivity index (χ2v) is 5.47. The van der Waals surface area contributed by atoms with Crippen LogP contribution in [0.3, 0.4) is 0 Å². The fourth-order valence-electron chi connectivity index (χ4n) is 2.86. The van der Waals surface area contributed by atoms with Crippen molar-refractivity contribution in [3.8, 4) is 0 Å². The van der Waals surface area contributed by atoms with E-state index >= 15 is 0 Å². The Bertz CT molecular complexity index is 312. The molecule has 0 spiro atoms. The lowest BCUT2D eigenvalue weighted by Gasteiger charge is -2.37. The number of amides is 1. The highest BCUT2D eigenvalue weighted by Crippen LogP contribution is 2.35. The van der Waals surface area contributed by atoms with E-state index in [4.69, 9.17) is 16.2 Å². The quantitative estimate of drug-likeness (QED) is 0.584. The number of nitrogens with two attached hydrogens (primary N) is 2. The number of cyclic esters (lactones) is 1. The first kappa shape index (κ1) is 16.2. The van der Waals surface area contributed by atoms with E-state index in [1.165, 1.54) is 0 Å². The topological polar surface area (TPSA) is 102 Å². The van der Waals surface area contributed by atoms with Crippen molar-refractivity contribution in [2.45, 2.75) is 63.8 Å². The molecule has 0 aromatic rings. The second-order valence-electron chi connectivity index (χ2n) is 5.47. The summed E-state index contributed by atoms with van der Waals surface area (Å²) in [7, 11) is 0. The van der Waals surface area contributed by atoms with Crippen molar-refractivity contribution in [3.63, 3.8) is 0 Å². The van der Waals surface area contributed by atoms with E-state index in [-0.39, 0.29) is 12.1 Å². The van der Waals surface area contributed by atoms with Crippen LogP contribution in [0.4, 0.5) is 4.79 Å². The molecule has 0 unspecified atom stereocenters. The Morgan fingerprint density at radius 3 is 2.63 bits per heavy atom. The predicted octanol–water partition coefficient (Wildman–Crippen LogP) is 0.423. The Morgan fingerprint density at radius 1 is 1.53 bits per heavy atom. The molecule has 0 aromatic carbocycles. The molecule has 0 aliphatic carbocycles. The van der Waals surface area contributed by atoms with Gasteiger partial charge in [-0.25, -0.2) is 4.79 Å². The lowest BCUT2D eigenvalue weighted by Crippen LogP contribution is -2.58. The molecule has 0 saturated carbocycles. The fraction of sp³-hybridized carbons (Fsp3) is 0.923. The van der Waals surface area contributed by atoms with Crippen molar-refractivity contribution < 1.29 is 14.6 Å². The highest BCUT2D eigenvalue weighted by Gasteiger charge is 2.55. The molecule has 19 heavy (non-hydrogen) atoms. The van der Waals surface area contributed by atoms with E-state index in [0.717, 1.165) is 12.8 Å². The van der Waals surface area contributed by atoms with Crippen LogP contribution in [0, 0.1) is 0 Å². The van der Waals surface area contributed by atoms with E-state index in [9.17, 15) is 9.90 Å². The number of hydrogen-bond donors (Lipinski definition) is 3. The summed E-state index contributed by atoms with van der Waals surface area (Å²) in [6.45, 7) is 6.62. The Morgan fingerprint density at radius 2 is 2.16 bits per heavy atom. The van der Waals surface area contributed by atoms with Crippen molar-refractivity contribution in [1.29, 1.82) is 0 Å². The maximum absolute atomic E-state index is 12.0. The smallest absolute Gasteiger partial charge is 0.410 e. The molecule has 1 amide bonds. The van der Waals surface area contributed by atoms with Gasteiger partial charge in [-0.3, -0.25) is 4.90 Å². The largest absolute Gasteiger partial charge is 0.438 e. The van der Waals surface area contributed by atoms with Crippen LogP contribution in [0.2, 0.25) is 0 Å². The minimum absolute atomic E-state index is 0.268. The van der Waals surface area contributed by atoms with Crippen molar-refractivity contribution in [2.24, 2.45) is 11.5 Å². The van der Waals surface area contributed by atoms with E-state index in [2.05, 4.69) is 0 Å². The highest BCUT2D eigenvalue weighted by atomic mass is 16.6. The number of rotatable bonds is 7. The Balaban J connectivity index is 2.89. The molecule has 1 heterocycles. The minimum atomic E-state index is -0.942. The van der Waals surface area contributed by atoms with Gasteiger partial charge in [-0.2, -0.15) is 0 Å². The summed E-state index contributed by atoms with van der Waals surface area (Å²) < 4.78 is 5.44. The van der Waals surface area contributed by atoms with E-state index < -0.39 is 17.8 Å². The third-order valence-electron chi connectivity index (χ3n) is 3.86. The van der Waals surface area contributed by atoms with Crippen LogP contribution >= 0.6 is 0 Å². The minimum Gasteiger partial charge on any atom is -0.438 e. The molecule has 1 fully saturated rings. The predicted molar refractivity (Wildman–Crippen MR) is 73.6 cm³/mol. The molecule has 112 valence electrons. The van der Waals surface area contributed by atoms with E-state index in [1.54, 1.807) is 11.8 Å². The summed E-state index contributed by atoms with van der Waals surface area (Å²) in [5.41, 5.74) is 10.5. The number of carbonyl (C=O) groups is 1. The normalized spacial score (nSPS) is 30.3. The van der Waals surface area contributed by atoms with Crippen molar-refractivity contribution in [3.05, 3.63) is 0 Å². The summed E-state index contributed by atoms with van der Waals surface area (Å²) in [4.78, 5) is 13.7. The van der Waals surface area contributed by atoms with Crippen molar-refractivity contribution >= 4 is 6.09 Å². The maximum atomic E-state index is 12.0. The van der Waals surface area contributed by atoms with Crippen molar-refractivity contribution in [2.75, 3.05) is 13.1 Å². The number of nitrogens with zero attached hydrogens (tertiary/aromatic N) is 1. The summed E-state index contributed by atoms with van der Waals surface area (Å²) in [5, 5.41) is 10.2. The third kappa shape index (κ3) is 3.19. The molecule has 1 rings (SSSR count). The van der Waals surface area contributed by atoms with Gasteiger partial charge in [-0.15, -0.1) is 0 Å². The molecule has 0 aromatic heterocycles. The summed E-state index contributed by atoms with van der Waals surface area (Å²) in [6.07, 6.45) is 1.07. The number of unbranched alkanes of at least 4 members (excludes halogenated alkanes) is 1. The number of aliphatic hydroxyl groups excluding tert-OH is 1. The van der Waals surface area contributed by atoms with Gasteiger partial charge in [0.25, 0.3) is 0 Å². The molecule has 6 nitrogen and oxygen atoms in total. The first-order chi connectivity index (χ1) is 8.88. The molecule has 5 N–H and O–H groups in total. The van der Waals surface area contributed by atoms with Crippen LogP contribution in [0.5, 0.6) is 0 Å². The van der Waals surface area contributed by atoms with Crippen LogP contribution < -0.4 is 11.5 Å². The van der Waals surface area contributed by atoms with Crippen LogP contribution in [0.25, 0.3) is 0 Å². The van der Waals surface area contributed by atoms with Gasteiger partial charge in [-0.05, 0) is 39.7 Å². The number of ether oxygens (including phenoxy) is 1. The Hall–Kier alpha value is -0.850.